The highest BCUT2D eigenvalue weighted by molar-refractivity contribution is 7.12. The number of carbonyl (C=O) groups is 1. The van der Waals surface area contributed by atoms with Gasteiger partial charge >= 0.3 is 0 Å². The highest BCUT2D eigenvalue weighted by Gasteiger charge is 2.19. The van der Waals surface area contributed by atoms with E-state index in [1.807, 2.05) is 47.5 Å². The predicted molar refractivity (Wildman–Crippen MR) is 85.6 cm³/mol. The number of nitrogens with zero attached hydrogens (tertiary/aromatic N) is 1. The summed E-state index contributed by atoms with van der Waals surface area (Å²) in [5, 5.41) is 2.69. The molecule has 1 heterocycles. The molecule has 0 bridgehead atoms. The number of hydrogen-bond acceptors (Lipinski definition) is 2. The van der Waals surface area contributed by atoms with Crippen molar-refractivity contribution in [2.45, 2.75) is 26.8 Å². The van der Waals surface area contributed by atoms with Crippen LogP contribution in [0.15, 0.2) is 35.7 Å². The maximum absolute atomic E-state index is 12.6. The molecule has 0 radical (unpaired) electrons. The molecule has 1 aromatic carbocycles. The van der Waals surface area contributed by atoms with Gasteiger partial charge in [-0.05, 0) is 42.0 Å². The van der Waals surface area contributed by atoms with Gasteiger partial charge in [-0.3, -0.25) is 4.79 Å². The lowest BCUT2D eigenvalue weighted by molar-refractivity contribution is 0.0756. The molecule has 0 aliphatic rings. The fourth-order valence-electron chi connectivity index (χ4n) is 2.10. The van der Waals surface area contributed by atoms with Crippen LogP contribution in [0.4, 0.5) is 0 Å². The maximum Gasteiger partial charge on any atom is 0.264 e. The minimum atomic E-state index is 0.0965. The second-order valence-corrected chi connectivity index (χ2v) is 5.86. The summed E-state index contributed by atoms with van der Waals surface area (Å²) in [6.07, 6.45) is 0.883. The quantitative estimate of drug-likeness (QED) is 0.789. The monoisotopic (exact) mass is 307 g/mol. The second kappa shape index (κ2) is 6.91. The molecular weight excluding hydrogens is 290 g/mol. The second-order valence-electron chi connectivity index (χ2n) is 4.54. The van der Waals surface area contributed by atoms with E-state index >= 15 is 0 Å². The third-order valence-electron chi connectivity index (χ3n) is 3.31. The van der Waals surface area contributed by atoms with Crippen LogP contribution in [0.1, 0.15) is 34.6 Å². The number of halogens is 1. The van der Waals surface area contributed by atoms with Gasteiger partial charge in [0.1, 0.15) is 0 Å². The van der Waals surface area contributed by atoms with Crippen LogP contribution in [-0.4, -0.2) is 17.4 Å². The van der Waals surface area contributed by atoms with Crippen LogP contribution >= 0.6 is 22.9 Å². The van der Waals surface area contributed by atoms with Crippen molar-refractivity contribution in [1.29, 1.82) is 0 Å². The Morgan fingerprint density at radius 2 is 1.95 bits per heavy atom. The molecule has 4 heteroatoms. The molecule has 0 spiro atoms. The summed E-state index contributed by atoms with van der Waals surface area (Å²) in [5.41, 5.74) is 2.11. The van der Waals surface area contributed by atoms with E-state index in [4.69, 9.17) is 11.6 Å². The van der Waals surface area contributed by atoms with E-state index in [-0.39, 0.29) is 5.91 Å². The lowest BCUT2D eigenvalue weighted by Crippen LogP contribution is -2.30. The fraction of sp³-hybridized carbons (Fsp3) is 0.312. The molecule has 0 aliphatic heterocycles. The van der Waals surface area contributed by atoms with Crippen molar-refractivity contribution in [2.75, 3.05) is 6.54 Å². The Balaban J connectivity index is 2.20. The first-order valence-electron chi connectivity index (χ1n) is 6.76. The van der Waals surface area contributed by atoms with Crippen LogP contribution in [0.2, 0.25) is 5.02 Å². The molecule has 0 fully saturated rings. The van der Waals surface area contributed by atoms with Crippen molar-refractivity contribution in [3.63, 3.8) is 0 Å². The van der Waals surface area contributed by atoms with Gasteiger partial charge in [-0.15, -0.1) is 11.3 Å². The number of carbonyl (C=O) groups excluding carboxylic acids is 1. The Kier molecular flexibility index (Phi) is 5.21. The maximum atomic E-state index is 12.6. The number of hydrogen-bond donors (Lipinski definition) is 0. The summed E-state index contributed by atoms with van der Waals surface area (Å²) < 4.78 is 0. The number of aryl methyl sites for hydroxylation is 1. The highest BCUT2D eigenvalue weighted by atomic mass is 35.5. The third kappa shape index (κ3) is 3.22. The molecule has 1 aromatic heterocycles. The SMILES string of the molecule is CCc1ccsc1C(=O)N(CC)Cc1ccccc1Cl. The molecule has 2 rings (SSSR count). The summed E-state index contributed by atoms with van der Waals surface area (Å²) >= 11 is 7.69. The molecule has 2 nitrogen and oxygen atoms in total. The molecule has 0 aliphatic carbocycles. The van der Waals surface area contributed by atoms with E-state index in [0.717, 1.165) is 22.4 Å². The average Bonchev–Trinajstić information content (AvgIpc) is 2.94. The van der Waals surface area contributed by atoms with Crippen LogP contribution in [0.5, 0.6) is 0 Å². The summed E-state index contributed by atoms with van der Waals surface area (Å²) in [4.78, 5) is 15.3. The first-order chi connectivity index (χ1) is 9.67. The predicted octanol–water partition coefficient (Wildman–Crippen LogP) is 4.63. The van der Waals surface area contributed by atoms with Crippen LogP contribution in [0.25, 0.3) is 0 Å². The van der Waals surface area contributed by atoms with Crippen LogP contribution in [-0.2, 0) is 13.0 Å². The summed E-state index contributed by atoms with van der Waals surface area (Å²) in [6.45, 7) is 5.29. The van der Waals surface area contributed by atoms with Crippen molar-refractivity contribution in [2.24, 2.45) is 0 Å². The fourth-order valence-corrected chi connectivity index (χ4v) is 3.26. The van der Waals surface area contributed by atoms with E-state index < -0.39 is 0 Å². The van der Waals surface area contributed by atoms with Gasteiger partial charge in [-0.25, -0.2) is 0 Å². The Bertz CT molecular complexity index is 594. The Morgan fingerprint density at radius 1 is 1.20 bits per heavy atom. The zero-order chi connectivity index (χ0) is 14.5. The normalized spacial score (nSPS) is 10.6. The number of thiophene rings is 1. The van der Waals surface area contributed by atoms with Crippen molar-refractivity contribution in [3.8, 4) is 0 Å². The Morgan fingerprint density at radius 3 is 2.60 bits per heavy atom. The molecule has 0 N–H and O–H groups in total. The summed E-state index contributed by atoms with van der Waals surface area (Å²) in [6, 6.07) is 9.70. The standard InChI is InChI=1S/C16H18ClNOS/c1-3-12-9-10-20-15(12)16(19)18(4-2)11-13-7-5-6-8-14(13)17/h5-10H,3-4,11H2,1-2H3. The van der Waals surface area contributed by atoms with Crippen molar-refractivity contribution < 1.29 is 4.79 Å². The molecule has 0 atom stereocenters. The van der Waals surface area contributed by atoms with Crippen molar-refractivity contribution in [1.82, 2.24) is 4.90 Å². The molecule has 0 unspecified atom stereocenters. The zero-order valence-corrected chi connectivity index (χ0v) is 13.3. The number of benzene rings is 1. The Labute approximate surface area is 129 Å². The van der Waals surface area contributed by atoms with Crippen molar-refractivity contribution in [3.05, 3.63) is 56.7 Å². The van der Waals surface area contributed by atoms with E-state index in [1.165, 1.54) is 11.3 Å². The summed E-state index contributed by atoms with van der Waals surface area (Å²) in [5.74, 6) is 0.0965. The van der Waals surface area contributed by atoms with Gasteiger partial charge < -0.3 is 4.90 Å². The van der Waals surface area contributed by atoms with Gasteiger partial charge in [-0.1, -0.05) is 36.7 Å². The van der Waals surface area contributed by atoms with Gasteiger partial charge in [0.15, 0.2) is 0 Å². The van der Waals surface area contributed by atoms with E-state index in [9.17, 15) is 4.79 Å². The van der Waals surface area contributed by atoms with Crippen LogP contribution < -0.4 is 0 Å². The van der Waals surface area contributed by atoms with Gasteiger partial charge in [0.25, 0.3) is 5.91 Å². The van der Waals surface area contributed by atoms with Crippen LogP contribution in [0.3, 0.4) is 0 Å². The summed E-state index contributed by atoms with van der Waals surface area (Å²) in [7, 11) is 0. The van der Waals surface area contributed by atoms with Gasteiger partial charge in [0.2, 0.25) is 0 Å². The zero-order valence-electron chi connectivity index (χ0n) is 11.7. The molecular formula is C16H18ClNOS. The number of amides is 1. The first kappa shape index (κ1) is 15.1. The van der Waals surface area contributed by atoms with Gasteiger partial charge in [0, 0.05) is 18.1 Å². The third-order valence-corrected chi connectivity index (χ3v) is 4.62. The molecule has 20 heavy (non-hydrogen) atoms. The van der Waals surface area contributed by atoms with E-state index in [0.29, 0.717) is 18.1 Å². The lowest BCUT2D eigenvalue weighted by atomic mass is 10.1. The van der Waals surface area contributed by atoms with Gasteiger partial charge in [0.05, 0.1) is 4.88 Å². The molecule has 2 aromatic rings. The largest absolute Gasteiger partial charge is 0.334 e. The smallest absolute Gasteiger partial charge is 0.264 e. The Hall–Kier alpha value is -1.32. The lowest BCUT2D eigenvalue weighted by Gasteiger charge is -2.21. The number of rotatable bonds is 5. The van der Waals surface area contributed by atoms with E-state index in [1.54, 1.807) is 0 Å². The van der Waals surface area contributed by atoms with Gasteiger partial charge in [-0.2, -0.15) is 0 Å². The minimum Gasteiger partial charge on any atom is -0.334 e. The van der Waals surface area contributed by atoms with E-state index in [2.05, 4.69) is 6.92 Å². The topological polar surface area (TPSA) is 20.3 Å². The highest BCUT2D eigenvalue weighted by Crippen LogP contribution is 2.22. The van der Waals surface area contributed by atoms with Crippen LogP contribution in [0, 0.1) is 0 Å². The molecule has 106 valence electrons. The van der Waals surface area contributed by atoms with Crippen molar-refractivity contribution >= 4 is 28.8 Å². The molecule has 0 saturated carbocycles. The first-order valence-corrected chi connectivity index (χ1v) is 8.02. The minimum absolute atomic E-state index is 0.0965. The molecule has 1 amide bonds. The average molecular weight is 308 g/mol. The molecule has 0 saturated heterocycles.